The molecule has 0 radical (unpaired) electrons. The van der Waals surface area contributed by atoms with Crippen molar-refractivity contribution in [1.82, 2.24) is 9.97 Å². The minimum atomic E-state index is -4.84. The Hall–Kier alpha value is -3.11. The van der Waals surface area contributed by atoms with E-state index in [4.69, 9.17) is 16.7 Å². The zero-order valence-corrected chi connectivity index (χ0v) is 15.9. The minimum absolute atomic E-state index is 0.0504. The van der Waals surface area contributed by atoms with E-state index in [9.17, 15) is 17.6 Å². The number of alkyl halides is 3. The van der Waals surface area contributed by atoms with E-state index in [2.05, 4.69) is 25.3 Å². The van der Waals surface area contributed by atoms with Gasteiger partial charge in [-0.25, -0.2) is 9.37 Å². The van der Waals surface area contributed by atoms with Gasteiger partial charge in [-0.2, -0.15) is 4.98 Å². The van der Waals surface area contributed by atoms with Crippen molar-refractivity contribution < 1.29 is 27.4 Å². The van der Waals surface area contributed by atoms with Crippen LogP contribution in [0.4, 0.5) is 35.0 Å². The molecule has 3 N–H and O–H groups in total. The van der Waals surface area contributed by atoms with Gasteiger partial charge in [-0.1, -0.05) is 23.7 Å². The predicted molar refractivity (Wildman–Crippen MR) is 104 cm³/mol. The van der Waals surface area contributed by atoms with E-state index in [0.29, 0.717) is 10.6 Å². The number of rotatable bonds is 7. The van der Waals surface area contributed by atoms with Crippen molar-refractivity contribution >= 4 is 29.1 Å². The Kier molecular flexibility index (Phi) is 6.58. The van der Waals surface area contributed by atoms with E-state index in [1.54, 1.807) is 0 Å². The van der Waals surface area contributed by atoms with E-state index < -0.39 is 17.9 Å². The fourth-order valence-corrected chi connectivity index (χ4v) is 2.66. The van der Waals surface area contributed by atoms with Gasteiger partial charge in [0.1, 0.15) is 17.4 Å². The molecular weight excluding hydrogens is 428 g/mol. The van der Waals surface area contributed by atoms with Crippen LogP contribution in [0.3, 0.4) is 0 Å². The monoisotopic (exact) mass is 442 g/mol. The SMILES string of the molecule is OCCNc1nc(Nc2cc(Cl)ccc2F)cc(-c2cccc(OC(F)(F)F)c2)n1. The normalized spacial score (nSPS) is 11.3. The zero-order valence-electron chi connectivity index (χ0n) is 15.2. The maximum absolute atomic E-state index is 14.1. The number of aliphatic hydroxyl groups is 1. The lowest BCUT2D eigenvalue weighted by atomic mass is 10.1. The molecule has 11 heteroatoms. The summed E-state index contributed by atoms with van der Waals surface area (Å²) in [6.07, 6.45) is -4.84. The molecule has 0 saturated heterocycles. The van der Waals surface area contributed by atoms with Crippen molar-refractivity contribution in [2.75, 3.05) is 23.8 Å². The summed E-state index contributed by atoms with van der Waals surface area (Å²) in [5.74, 6) is -0.763. The lowest BCUT2D eigenvalue weighted by Gasteiger charge is -2.13. The molecule has 0 spiro atoms. The third-order valence-electron chi connectivity index (χ3n) is 3.68. The van der Waals surface area contributed by atoms with Crippen LogP contribution in [0, 0.1) is 5.82 Å². The molecule has 0 bridgehead atoms. The number of anilines is 3. The van der Waals surface area contributed by atoms with E-state index in [0.717, 1.165) is 12.1 Å². The van der Waals surface area contributed by atoms with E-state index >= 15 is 0 Å². The number of aliphatic hydroxyl groups excluding tert-OH is 1. The van der Waals surface area contributed by atoms with Crippen LogP contribution in [-0.2, 0) is 0 Å². The molecule has 3 aromatic rings. The van der Waals surface area contributed by atoms with Crippen LogP contribution in [0.25, 0.3) is 11.3 Å². The van der Waals surface area contributed by atoms with Crippen molar-refractivity contribution in [2.45, 2.75) is 6.36 Å². The number of aromatic nitrogens is 2. The number of nitrogens with one attached hydrogen (secondary N) is 2. The highest BCUT2D eigenvalue weighted by atomic mass is 35.5. The van der Waals surface area contributed by atoms with E-state index in [-0.39, 0.29) is 36.3 Å². The summed E-state index contributed by atoms with van der Waals surface area (Å²) >= 11 is 5.89. The van der Waals surface area contributed by atoms with Crippen molar-refractivity contribution in [3.8, 4) is 17.0 Å². The first-order valence-corrected chi connectivity index (χ1v) is 8.93. The summed E-state index contributed by atoms with van der Waals surface area (Å²) in [6, 6.07) is 10.6. The smallest absolute Gasteiger partial charge is 0.406 e. The van der Waals surface area contributed by atoms with Crippen LogP contribution in [0.2, 0.25) is 5.02 Å². The molecule has 2 aromatic carbocycles. The molecule has 0 aliphatic carbocycles. The van der Waals surface area contributed by atoms with Crippen LogP contribution >= 0.6 is 11.6 Å². The summed E-state index contributed by atoms with van der Waals surface area (Å²) in [7, 11) is 0. The second-order valence-corrected chi connectivity index (χ2v) is 6.37. The van der Waals surface area contributed by atoms with Gasteiger partial charge in [0.05, 0.1) is 18.0 Å². The molecule has 0 unspecified atom stereocenters. The molecule has 0 saturated carbocycles. The third kappa shape index (κ3) is 5.94. The number of ether oxygens (including phenoxy) is 1. The summed E-state index contributed by atoms with van der Waals surface area (Å²) in [6.45, 7) is -0.0696. The van der Waals surface area contributed by atoms with Crippen molar-refractivity contribution in [2.24, 2.45) is 0 Å². The first-order chi connectivity index (χ1) is 14.2. The Morgan fingerprint density at radius 2 is 1.87 bits per heavy atom. The van der Waals surface area contributed by atoms with Crippen LogP contribution in [0.1, 0.15) is 0 Å². The van der Waals surface area contributed by atoms with Crippen LogP contribution < -0.4 is 15.4 Å². The van der Waals surface area contributed by atoms with Crippen molar-refractivity contribution in [1.29, 1.82) is 0 Å². The average molecular weight is 443 g/mol. The molecule has 1 heterocycles. The van der Waals surface area contributed by atoms with Gasteiger partial charge in [0.25, 0.3) is 0 Å². The highest BCUT2D eigenvalue weighted by Gasteiger charge is 2.31. The average Bonchev–Trinajstić information content (AvgIpc) is 2.68. The molecule has 6 nitrogen and oxygen atoms in total. The predicted octanol–water partition coefficient (Wildman–Crippen LogP) is 4.98. The van der Waals surface area contributed by atoms with Gasteiger partial charge in [0.15, 0.2) is 0 Å². The highest BCUT2D eigenvalue weighted by Crippen LogP contribution is 2.30. The van der Waals surface area contributed by atoms with Gasteiger partial charge < -0.3 is 20.5 Å². The standard InChI is InChI=1S/C19H15ClF4N4O2/c20-12-4-5-14(21)16(9-12)26-17-10-15(27-18(28-17)25-6-7-29)11-2-1-3-13(8-11)30-19(22,23)24/h1-5,8-10,29H,6-7H2,(H2,25,26,27,28). The molecule has 3 rings (SSSR count). The minimum Gasteiger partial charge on any atom is -0.406 e. The second-order valence-electron chi connectivity index (χ2n) is 5.94. The molecular formula is C19H15ClF4N4O2. The number of nitrogens with zero attached hydrogens (tertiary/aromatic N) is 2. The van der Waals surface area contributed by atoms with Gasteiger partial charge in [-0.15, -0.1) is 13.2 Å². The van der Waals surface area contributed by atoms with Crippen molar-refractivity contribution in [3.05, 3.63) is 59.4 Å². The van der Waals surface area contributed by atoms with E-state index in [1.807, 2.05) is 0 Å². The lowest BCUT2D eigenvalue weighted by molar-refractivity contribution is -0.274. The van der Waals surface area contributed by atoms with Crippen molar-refractivity contribution in [3.63, 3.8) is 0 Å². The van der Waals surface area contributed by atoms with Gasteiger partial charge >= 0.3 is 6.36 Å². The molecule has 0 atom stereocenters. The van der Waals surface area contributed by atoms with Gasteiger partial charge in [-0.3, -0.25) is 0 Å². The van der Waals surface area contributed by atoms with Gasteiger partial charge in [0.2, 0.25) is 5.95 Å². The summed E-state index contributed by atoms with van der Waals surface area (Å²) in [5, 5.41) is 14.8. The third-order valence-corrected chi connectivity index (χ3v) is 3.91. The molecule has 0 aliphatic rings. The first kappa shape index (κ1) is 21.6. The molecule has 0 aliphatic heterocycles. The van der Waals surface area contributed by atoms with Crippen LogP contribution in [0.15, 0.2) is 48.5 Å². The van der Waals surface area contributed by atoms with E-state index in [1.165, 1.54) is 36.4 Å². The topological polar surface area (TPSA) is 79.3 Å². The largest absolute Gasteiger partial charge is 0.573 e. The number of halogens is 5. The second kappa shape index (κ2) is 9.14. The highest BCUT2D eigenvalue weighted by molar-refractivity contribution is 6.30. The molecule has 0 amide bonds. The number of benzene rings is 2. The van der Waals surface area contributed by atoms with Gasteiger partial charge in [-0.05, 0) is 30.3 Å². The Balaban J connectivity index is 1.99. The number of hydrogen-bond acceptors (Lipinski definition) is 6. The number of hydrogen-bond donors (Lipinski definition) is 3. The lowest BCUT2D eigenvalue weighted by Crippen LogP contribution is -2.17. The fraction of sp³-hybridized carbons (Fsp3) is 0.158. The summed E-state index contributed by atoms with van der Waals surface area (Å²) in [4.78, 5) is 8.41. The Labute approximate surface area is 173 Å². The zero-order chi connectivity index (χ0) is 21.7. The molecule has 0 fully saturated rings. The quantitative estimate of drug-likeness (QED) is 0.448. The summed E-state index contributed by atoms with van der Waals surface area (Å²) in [5.41, 5.74) is 0.596. The maximum atomic E-state index is 14.1. The molecule has 158 valence electrons. The summed E-state index contributed by atoms with van der Waals surface area (Å²) < 4.78 is 55.6. The van der Waals surface area contributed by atoms with Crippen LogP contribution in [-0.4, -0.2) is 34.6 Å². The van der Waals surface area contributed by atoms with Crippen LogP contribution in [0.5, 0.6) is 5.75 Å². The maximum Gasteiger partial charge on any atom is 0.573 e. The molecule has 30 heavy (non-hydrogen) atoms. The fourth-order valence-electron chi connectivity index (χ4n) is 2.49. The Morgan fingerprint density at radius 3 is 2.60 bits per heavy atom. The first-order valence-electron chi connectivity index (χ1n) is 8.55. The molecule has 1 aromatic heterocycles. The Morgan fingerprint density at radius 1 is 1.07 bits per heavy atom. The Bertz CT molecular complexity index is 1030. The van der Waals surface area contributed by atoms with Gasteiger partial charge in [0, 0.05) is 23.2 Å².